The molecule has 214 valence electrons. The predicted molar refractivity (Wildman–Crippen MR) is 155 cm³/mol. The Balaban J connectivity index is 1.40. The number of carbonyl (C=O) groups excluding carboxylic acids is 2. The normalized spacial score (nSPS) is 17.5. The Morgan fingerprint density at radius 2 is 1.77 bits per heavy atom. The molecule has 2 amide bonds. The van der Waals surface area contributed by atoms with E-state index in [2.05, 4.69) is 25.9 Å². The van der Waals surface area contributed by atoms with Crippen molar-refractivity contribution >= 4 is 34.7 Å². The van der Waals surface area contributed by atoms with Crippen molar-refractivity contribution in [1.29, 1.82) is 0 Å². The summed E-state index contributed by atoms with van der Waals surface area (Å²) < 4.78 is 20.1. The van der Waals surface area contributed by atoms with Crippen LogP contribution in [0.4, 0.5) is 20.8 Å². The Bertz CT molecular complexity index is 1380. The number of nitrogens with zero attached hydrogens (tertiary/aromatic N) is 3. The zero-order valence-electron chi connectivity index (χ0n) is 24.1. The van der Waals surface area contributed by atoms with Crippen LogP contribution in [-0.2, 0) is 9.53 Å². The minimum Gasteiger partial charge on any atom is -0.444 e. The summed E-state index contributed by atoms with van der Waals surface area (Å²) in [4.78, 5) is 38.0. The molecular formula is C30H39FN6O3. The molecule has 2 aromatic heterocycles. The summed E-state index contributed by atoms with van der Waals surface area (Å²) in [5.74, 6) is -0.0104. The van der Waals surface area contributed by atoms with Crippen LogP contribution >= 0.6 is 0 Å². The molecule has 0 saturated heterocycles. The first kappa shape index (κ1) is 29.2. The van der Waals surface area contributed by atoms with Gasteiger partial charge in [0.1, 0.15) is 16.9 Å². The molecule has 40 heavy (non-hydrogen) atoms. The standard InChI is InChI=1S/C30H39FN6O3/c1-17(2)13-26(38)36-23-12-7-19(15-22(23)31)24-14-18(3)27-25(35-24)16-32-28(37-27)33-20-8-10-21(11-9-20)34-29(39)40-30(4,5)6/h7,12,14-17,20-21H,8-11,13H2,1-6H3,(H,34,39)(H,36,38)(H,32,33,37). The van der Waals surface area contributed by atoms with Gasteiger partial charge in [0.05, 0.1) is 23.1 Å². The lowest BCUT2D eigenvalue weighted by Gasteiger charge is -2.30. The van der Waals surface area contributed by atoms with E-state index < -0.39 is 11.4 Å². The number of aromatic nitrogens is 3. The van der Waals surface area contributed by atoms with E-state index in [-0.39, 0.29) is 35.7 Å². The van der Waals surface area contributed by atoms with Crippen LogP contribution in [0, 0.1) is 18.7 Å². The molecule has 0 atom stereocenters. The number of hydrogen-bond donors (Lipinski definition) is 3. The topological polar surface area (TPSA) is 118 Å². The van der Waals surface area contributed by atoms with Gasteiger partial charge in [0, 0.05) is 24.1 Å². The molecule has 1 fully saturated rings. The first-order valence-corrected chi connectivity index (χ1v) is 13.9. The predicted octanol–water partition coefficient (Wildman–Crippen LogP) is 6.37. The maximum atomic E-state index is 14.8. The molecule has 0 radical (unpaired) electrons. The molecule has 3 N–H and O–H groups in total. The number of nitrogens with one attached hydrogen (secondary N) is 3. The first-order valence-electron chi connectivity index (χ1n) is 13.9. The van der Waals surface area contributed by atoms with E-state index >= 15 is 0 Å². The first-order chi connectivity index (χ1) is 18.9. The molecule has 0 spiro atoms. The number of aryl methyl sites for hydroxylation is 1. The van der Waals surface area contributed by atoms with Crippen molar-refractivity contribution in [3.63, 3.8) is 0 Å². The summed E-state index contributed by atoms with van der Waals surface area (Å²) in [5, 5.41) is 9.02. The quantitative estimate of drug-likeness (QED) is 0.313. The lowest BCUT2D eigenvalue weighted by Crippen LogP contribution is -2.42. The van der Waals surface area contributed by atoms with Crippen LogP contribution in [-0.4, -0.2) is 44.6 Å². The van der Waals surface area contributed by atoms with E-state index in [9.17, 15) is 14.0 Å². The summed E-state index contributed by atoms with van der Waals surface area (Å²) >= 11 is 0. The van der Waals surface area contributed by atoms with Crippen molar-refractivity contribution < 1.29 is 18.7 Å². The number of hydrogen-bond acceptors (Lipinski definition) is 7. The average molecular weight is 551 g/mol. The summed E-state index contributed by atoms with van der Waals surface area (Å²) in [5.41, 5.74) is 3.06. The fraction of sp³-hybridized carbons (Fsp3) is 0.500. The zero-order valence-corrected chi connectivity index (χ0v) is 24.1. The molecule has 2 heterocycles. The van der Waals surface area contributed by atoms with Crippen LogP contribution in [0.25, 0.3) is 22.3 Å². The third-order valence-corrected chi connectivity index (χ3v) is 6.65. The molecule has 10 heteroatoms. The van der Waals surface area contributed by atoms with E-state index in [1.54, 1.807) is 18.3 Å². The monoisotopic (exact) mass is 550 g/mol. The number of pyridine rings is 1. The van der Waals surface area contributed by atoms with Crippen molar-refractivity contribution in [2.24, 2.45) is 5.92 Å². The number of halogens is 1. The van der Waals surface area contributed by atoms with Crippen molar-refractivity contribution in [2.75, 3.05) is 10.6 Å². The van der Waals surface area contributed by atoms with Gasteiger partial charge in [-0.15, -0.1) is 0 Å². The van der Waals surface area contributed by atoms with Gasteiger partial charge in [-0.1, -0.05) is 19.9 Å². The summed E-state index contributed by atoms with van der Waals surface area (Å²) in [6.07, 6.45) is 5.05. The number of carbonyl (C=O) groups is 2. The minimum atomic E-state index is -0.517. The van der Waals surface area contributed by atoms with Gasteiger partial charge in [0.25, 0.3) is 0 Å². The Hall–Kier alpha value is -3.82. The van der Waals surface area contributed by atoms with Crippen LogP contribution in [0.2, 0.25) is 0 Å². The lowest BCUT2D eigenvalue weighted by molar-refractivity contribution is -0.116. The van der Waals surface area contributed by atoms with Gasteiger partial charge in [-0.2, -0.15) is 0 Å². The van der Waals surface area contributed by atoms with E-state index in [1.165, 1.54) is 6.07 Å². The molecule has 0 bridgehead atoms. The fourth-order valence-corrected chi connectivity index (χ4v) is 4.79. The molecular weight excluding hydrogens is 511 g/mol. The van der Waals surface area contributed by atoms with Crippen LogP contribution < -0.4 is 16.0 Å². The van der Waals surface area contributed by atoms with Crippen LogP contribution in [0.15, 0.2) is 30.5 Å². The van der Waals surface area contributed by atoms with Crippen LogP contribution in [0.1, 0.15) is 72.3 Å². The largest absolute Gasteiger partial charge is 0.444 e. The highest BCUT2D eigenvalue weighted by atomic mass is 19.1. The van der Waals surface area contributed by atoms with Gasteiger partial charge >= 0.3 is 6.09 Å². The second-order valence-corrected chi connectivity index (χ2v) is 11.9. The number of alkyl carbamates (subject to hydrolysis) is 1. The Morgan fingerprint density at radius 1 is 1.07 bits per heavy atom. The number of rotatable bonds is 7. The number of anilines is 2. The maximum Gasteiger partial charge on any atom is 0.407 e. The van der Waals surface area contributed by atoms with Gasteiger partial charge in [-0.05, 0) is 83.1 Å². The third-order valence-electron chi connectivity index (χ3n) is 6.65. The SMILES string of the molecule is Cc1cc(-c2ccc(NC(=O)CC(C)C)c(F)c2)nc2cnc(NC3CCC(NC(=O)OC(C)(C)C)CC3)nc12. The summed E-state index contributed by atoms with van der Waals surface area (Å²) in [7, 11) is 0. The summed E-state index contributed by atoms with van der Waals surface area (Å²) in [6, 6.07) is 6.84. The van der Waals surface area contributed by atoms with Crippen molar-refractivity contribution in [2.45, 2.75) is 91.3 Å². The zero-order chi connectivity index (χ0) is 29.0. The van der Waals surface area contributed by atoms with Gasteiger partial charge in [0.2, 0.25) is 11.9 Å². The highest BCUT2D eigenvalue weighted by molar-refractivity contribution is 5.91. The fourth-order valence-electron chi connectivity index (χ4n) is 4.79. The molecule has 1 aliphatic carbocycles. The minimum absolute atomic E-state index is 0.0884. The van der Waals surface area contributed by atoms with Crippen molar-refractivity contribution in [3.8, 4) is 11.3 Å². The smallest absolute Gasteiger partial charge is 0.407 e. The lowest BCUT2D eigenvalue weighted by atomic mass is 9.91. The molecule has 0 unspecified atom stereocenters. The van der Waals surface area contributed by atoms with E-state index in [4.69, 9.17) is 9.72 Å². The number of benzene rings is 1. The van der Waals surface area contributed by atoms with Gasteiger partial charge in [-0.3, -0.25) is 4.79 Å². The van der Waals surface area contributed by atoms with Crippen LogP contribution in [0.5, 0.6) is 0 Å². The molecule has 0 aliphatic heterocycles. The highest BCUT2D eigenvalue weighted by Gasteiger charge is 2.25. The van der Waals surface area contributed by atoms with Crippen molar-refractivity contribution in [3.05, 3.63) is 41.8 Å². The molecule has 1 aliphatic rings. The Kier molecular flexibility index (Phi) is 8.85. The average Bonchev–Trinajstić information content (AvgIpc) is 2.85. The van der Waals surface area contributed by atoms with E-state index in [0.29, 0.717) is 29.1 Å². The molecule has 9 nitrogen and oxygen atoms in total. The third kappa shape index (κ3) is 7.86. The highest BCUT2D eigenvalue weighted by Crippen LogP contribution is 2.28. The van der Waals surface area contributed by atoms with Crippen molar-refractivity contribution in [1.82, 2.24) is 20.3 Å². The summed E-state index contributed by atoms with van der Waals surface area (Å²) in [6.45, 7) is 11.4. The van der Waals surface area contributed by atoms with Gasteiger partial charge in [-0.25, -0.2) is 24.1 Å². The van der Waals surface area contributed by atoms with E-state index in [0.717, 1.165) is 36.8 Å². The number of amides is 2. The number of ether oxygens (including phenoxy) is 1. The Morgan fingerprint density at radius 3 is 2.42 bits per heavy atom. The maximum absolute atomic E-state index is 14.8. The molecule has 1 aromatic carbocycles. The Labute approximate surface area is 234 Å². The number of fused-ring (bicyclic) bond motifs is 1. The van der Waals surface area contributed by atoms with Gasteiger partial charge in [0.15, 0.2) is 0 Å². The molecule has 3 aromatic rings. The van der Waals surface area contributed by atoms with Crippen LogP contribution in [0.3, 0.4) is 0 Å². The molecule has 4 rings (SSSR count). The second-order valence-electron chi connectivity index (χ2n) is 11.9. The second kappa shape index (κ2) is 12.1. The molecule has 1 saturated carbocycles. The van der Waals surface area contributed by atoms with Gasteiger partial charge < -0.3 is 20.7 Å². The van der Waals surface area contributed by atoms with E-state index in [1.807, 2.05) is 47.6 Å².